The fourth-order valence-electron chi connectivity index (χ4n) is 2.66. The van der Waals surface area contributed by atoms with Crippen LogP contribution in [0.3, 0.4) is 0 Å². The maximum absolute atomic E-state index is 13.7. The van der Waals surface area contributed by atoms with Crippen LogP contribution < -0.4 is 9.47 Å². The number of halogens is 2. The van der Waals surface area contributed by atoms with Crippen LogP contribution >= 0.6 is 12.4 Å². The van der Waals surface area contributed by atoms with Gasteiger partial charge in [-0.15, -0.1) is 12.4 Å². The molecule has 0 atom stereocenters. The summed E-state index contributed by atoms with van der Waals surface area (Å²) < 4.78 is 24.4. The quantitative estimate of drug-likeness (QED) is 0.276. The lowest BCUT2D eigenvalue weighted by molar-refractivity contribution is 0.0691. The summed E-state index contributed by atoms with van der Waals surface area (Å²) in [4.78, 5) is 22.9. The smallest absolute Gasteiger partial charge is 0.343 e. The number of carbonyl (C=O) groups is 2. The number of ether oxygens (including phenoxy) is 2. The lowest BCUT2D eigenvalue weighted by Crippen LogP contribution is -2.09. The molecule has 0 spiro atoms. The number of benzene rings is 2. The third kappa shape index (κ3) is 8.11. The van der Waals surface area contributed by atoms with Crippen molar-refractivity contribution in [1.29, 1.82) is 0 Å². The Labute approximate surface area is 176 Å². The standard InChI is InChI=1S/C22H25FO5.ClH/c1-2-3-4-5-6-7-14-27-17-10-8-16(9-11-17)22(26)28-18-12-13-19(21(24)25)20(23)15-18;/h8-13,15H,2-7,14H2,1H3,(H,24,25);1H. The number of esters is 1. The Morgan fingerprint density at radius 1 is 0.931 bits per heavy atom. The maximum Gasteiger partial charge on any atom is 0.343 e. The molecule has 29 heavy (non-hydrogen) atoms. The van der Waals surface area contributed by atoms with Crippen molar-refractivity contribution in [1.82, 2.24) is 0 Å². The first-order valence-corrected chi connectivity index (χ1v) is 9.49. The molecule has 0 fully saturated rings. The summed E-state index contributed by atoms with van der Waals surface area (Å²) >= 11 is 0. The first-order valence-electron chi connectivity index (χ1n) is 9.49. The number of hydrogen-bond acceptors (Lipinski definition) is 4. The normalized spacial score (nSPS) is 10.1. The van der Waals surface area contributed by atoms with Gasteiger partial charge < -0.3 is 14.6 Å². The van der Waals surface area contributed by atoms with Gasteiger partial charge in [-0.2, -0.15) is 0 Å². The summed E-state index contributed by atoms with van der Waals surface area (Å²) in [5.74, 6) is -2.40. The molecule has 2 rings (SSSR count). The van der Waals surface area contributed by atoms with Crippen molar-refractivity contribution in [2.24, 2.45) is 0 Å². The fourth-order valence-corrected chi connectivity index (χ4v) is 2.66. The first kappa shape index (κ1) is 24.4. The van der Waals surface area contributed by atoms with Crippen molar-refractivity contribution in [3.05, 3.63) is 59.4 Å². The second-order valence-electron chi connectivity index (χ2n) is 6.48. The molecule has 2 aromatic carbocycles. The van der Waals surface area contributed by atoms with Gasteiger partial charge in [-0.1, -0.05) is 39.0 Å². The Morgan fingerprint density at radius 2 is 1.55 bits per heavy atom. The number of carboxylic acids is 1. The van der Waals surface area contributed by atoms with Gasteiger partial charge in [-0.05, 0) is 42.8 Å². The second kappa shape index (κ2) is 12.8. The first-order chi connectivity index (χ1) is 13.5. The average Bonchev–Trinajstić information content (AvgIpc) is 2.67. The number of hydrogen-bond donors (Lipinski definition) is 1. The van der Waals surface area contributed by atoms with Gasteiger partial charge in [0.05, 0.1) is 17.7 Å². The number of rotatable bonds is 11. The molecule has 0 aliphatic rings. The summed E-state index contributed by atoms with van der Waals surface area (Å²) in [5.41, 5.74) is -0.193. The van der Waals surface area contributed by atoms with Crippen molar-refractivity contribution in [2.45, 2.75) is 45.4 Å². The minimum atomic E-state index is -1.38. The van der Waals surface area contributed by atoms with E-state index in [2.05, 4.69) is 6.92 Å². The van der Waals surface area contributed by atoms with Gasteiger partial charge in [-0.25, -0.2) is 14.0 Å². The highest BCUT2D eigenvalue weighted by molar-refractivity contribution is 5.91. The zero-order valence-electron chi connectivity index (χ0n) is 16.4. The summed E-state index contributed by atoms with van der Waals surface area (Å²) in [6.07, 6.45) is 7.11. The third-order valence-corrected chi connectivity index (χ3v) is 4.24. The van der Waals surface area contributed by atoms with Crippen LogP contribution in [0.2, 0.25) is 0 Å². The fraction of sp³-hybridized carbons (Fsp3) is 0.364. The largest absolute Gasteiger partial charge is 0.494 e. The highest BCUT2D eigenvalue weighted by Crippen LogP contribution is 2.19. The second-order valence-corrected chi connectivity index (χ2v) is 6.48. The molecule has 0 unspecified atom stereocenters. The van der Waals surface area contributed by atoms with Crippen LogP contribution in [0, 0.1) is 5.82 Å². The molecular formula is C22H26ClFO5. The number of unbranched alkanes of at least 4 members (excludes halogenated alkanes) is 5. The highest BCUT2D eigenvalue weighted by Gasteiger charge is 2.14. The van der Waals surface area contributed by atoms with Gasteiger partial charge >= 0.3 is 11.9 Å². The number of aromatic carboxylic acids is 1. The molecule has 0 aliphatic heterocycles. The molecule has 0 heterocycles. The van der Waals surface area contributed by atoms with E-state index in [0.29, 0.717) is 12.4 Å². The van der Waals surface area contributed by atoms with Crippen LogP contribution in [0.25, 0.3) is 0 Å². The van der Waals surface area contributed by atoms with Crippen molar-refractivity contribution < 1.29 is 28.6 Å². The topological polar surface area (TPSA) is 72.8 Å². The van der Waals surface area contributed by atoms with Crippen molar-refractivity contribution in [2.75, 3.05) is 6.61 Å². The lowest BCUT2D eigenvalue weighted by atomic mass is 10.1. The molecule has 0 amide bonds. The summed E-state index contributed by atoms with van der Waals surface area (Å²) in [6, 6.07) is 9.67. The van der Waals surface area contributed by atoms with Crippen molar-refractivity contribution >= 4 is 24.3 Å². The van der Waals surface area contributed by atoms with Gasteiger partial charge in [0.1, 0.15) is 17.3 Å². The van der Waals surface area contributed by atoms with Crippen molar-refractivity contribution in [3.63, 3.8) is 0 Å². The Morgan fingerprint density at radius 3 is 2.17 bits per heavy atom. The van der Waals surface area contributed by atoms with Crippen molar-refractivity contribution in [3.8, 4) is 11.5 Å². The molecule has 2 aromatic rings. The minimum absolute atomic E-state index is 0. The van der Waals surface area contributed by atoms with E-state index in [1.807, 2.05) is 0 Å². The zero-order chi connectivity index (χ0) is 20.4. The van der Waals surface area contributed by atoms with E-state index in [1.54, 1.807) is 24.3 Å². The van der Waals surface area contributed by atoms with Crippen LogP contribution in [-0.4, -0.2) is 23.7 Å². The van der Waals surface area contributed by atoms with Crippen LogP contribution in [0.4, 0.5) is 4.39 Å². The summed E-state index contributed by atoms with van der Waals surface area (Å²) in [5, 5.41) is 8.81. The van der Waals surface area contributed by atoms with E-state index in [-0.39, 0.29) is 23.7 Å². The lowest BCUT2D eigenvalue weighted by Gasteiger charge is -2.08. The molecule has 0 saturated heterocycles. The monoisotopic (exact) mass is 424 g/mol. The Hall–Kier alpha value is -2.60. The Bertz CT molecular complexity index is 792. The molecule has 5 nitrogen and oxygen atoms in total. The molecule has 158 valence electrons. The van der Waals surface area contributed by atoms with Gasteiger partial charge in [-0.3, -0.25) is 0 Å². The van der Waals surface area contributed by atoms with E-state index >= 15 is 0 Å². The molecular weight excluding hydrogens is 399 g/mol. The average molecular weight is 425 g/mol. The molecule has 0 saturated carbocycles. The van der Waals surface area contributed by atoms with Gasteiger partial charge in [0, 0.05) is 6.07 Å². The summed E-state index contributed by atoms with van der Waals surface area (Å²) in [6.45, 7) is 2.82. The Kier molecular flexibility index (Phi) is 10.8. The van der Waals surface area contributed by atoms with Crippen LogP contribution in [-0.2, 0) is 0 Å². The highest BCUT2D eigenvalue weighted by atomic mass is 35.5. The van der Waals surface area contributed by atoms with E-state index in [1.165, 1.54) is 31.7 Å². The maximum atomic E-state index is 13.7. The molecule has 0 bridgehead atoms. The minimum Gasteiger partial charge on any atom is -0.494 e. The third-order valence-electron chi connectivity index (χ3n) is 4.24. The summed E-state index contributed by atoms with van der Waals surface area (Å²) in [7, 11) is 0. The predicted molar refractivity (Wildman–Crippen MR) is 111 cm³/mol. The van der Waals surface area contributed by atoms with Crippen LogP contribution in [0.15, 0.2) is 42.5 Å². The SMILES string of the molecule is CCCCCCCCOc1ccc(C(=O)Oc2ccc(C(=O)O)c(F)c2)cc1.Cl. The zero-order valence-corrected chi connectivity index (χ0v) is 17.2. The molecule has 0 aromatic heterocycles. The molecule has 7 heteroatoms. The van der Waals surface area contributed by atoms with Gasteiger partial charge in [0.25, 0.3) is 0 Å². The number of carboxylic acid groups (broad SMARTS) is 1. The predicted octanol–water partition coefficient (Wildman–Crippen LogP) is 5.90. The Balaban J connectivity index is 0.00000420. The molecule has 0 aliphatic carbocycles. The van der Waals surface area contributed by atoms with Crippen LogP contribution in [0.1, 0.15) is 66.2 Å². The molecule has 1 N–H and O–H groups in total. The van der Waals surface area contributed by atoms with E-state index in [4.69, 9.17) is 14.6 Å². The van der Waals surface area contributed by atoms with E-state index in [0.717, 1.165) is 25.0 Å². The van der Waals surface area contributed by atoms with E-state index < -0.39 is 23.3 Å². The van der Waals surface area contributed by atoms with Gasteiger partial charge in [0.15, 0.2) is 0 Å². The molecule has 0 radical (unpaired) electrons. The van der Waals surface area contributed by atoms with Gasteiger partial charge in [0.2, 0.25) is 0 Å². The number of carbonyl (C=O) groups excluding carboxylic acids is 1. The van der Waals surface area contributed by atoms with E-state index in [9.17, 15) is 14.0 Å². The van der Waals surface area contributed by atoms with Crippen LogP contribution in [0.5, 0.6) is 11.5 Å².